The maximum Gasteiger partial charge on any atom is 0.200 e. The zero-order valence-corrected chi connectivity index (χ0v) is 9.80. The molecule has 0 fully saturated rings. The number of hydrogen-bond acceptors (Lipinski definition) is 0. The summed E-state index contributed by atoms with van der Waals surface area (Å²) in [5, 5.41) is 0. The van der Waals surface area contributed by atoms with E-state index in [0.29, 0.717) is 0 Å². The Bertz CT molecular complexity index is 406. The average molecular weight is 252 g/mol. The third-order valence-corrected chi connectivity index (χ3v) is 3.37. The van der Waals surface area contributed by atoms with Gasteiger partial charge in [0, 0.05) is 5.56 Å². The van der Waals surface area contributed by atoms with Crippen molar-refractivity contribution in [2.45, 2.75) is 39.0 Å². The van der Waals surface area contributed by atoms with Crippen molar-refractivity contribution < 1.29 is 22.0 Å². The molecule has 0 spiro atoms. The smallest absolute Gasteiger partial charge is 0.200 e. The molecule has 0 bridgehead atoms. The second-order valence-electron chi connectivity index (χ2n) is 4.21. The molecule has 0 saturated carbocycles. The van der Waals surface area contributed by atoms with E-state index in [1.807, 2.05) is 0 Å². The molecule has 1 rings (SSSR count). The quantitative estimate of drug-likeness (QED) is 0.423. The number of hydrogen-bond donors (Lipinski definition) is 0. The van der Waals surface area contributed by atoms with Crippen molar-refractivity contribution in [3.63, 3.8) is 0 Å². The van der Waals surface area contributed by atoms with Crippen LogP contribution in [0.25, 0.3) is 0 Å². The van der Waals surface area contributed by atoms with Crippen molar-refractivity contribution in [2.24, 2.45) is 0 Å². The molecule has 0 heterocycles. The van der Waals surface area contributed by atoms with E-state index in [9.17, 15) is 22.0 Å². The molecule has 96 valence electrons. The lowest BCUT2D eigenvalue weighted by atomic mass is 9.77. The summed E-state index contributed by atoms with van der Waals surface area (Å²) >= 11 is 0. The molecular weight excluding hydrogens is 239 g/mol. The first-order chi connectivity index (χ1) is 7.80. The van der Waals surface area contributed by atoms with Gasteiger partial charge in [-0.05, 0) is 18.3 Å². The van der Waals surface area contributed by atoms with Crippen LogP contribution in [-0.4, -0.2) is 0 Å². The van der Waals surface area contributed by atoms with E-state index >= 15 is 0 Å². The van der Waals surface area contributed by atoms with E-state index in [2.05, 4.69) is 0 Å². The van der Waals surface area contributed by atoms with Gasteiger partial charge in [-0.25, -0.2) is 22.0 Å². The first-order valence-corrected chi connectivity index (χ1v) is 5.32. The molecule has 0 unspecified atom stereocenters. The average Bonchev–Trinajstić information content (AvgIpc) is 2.33. The lowest BCUT2D eigenvalue weighted by Gasteiger charge is -2.28. The Labute approximate surface area is 96.4 Å². The van der Waals surface area contributed by atoms with Crippen LogP contribution in [0.5, 0.6) is 0 Å². The van der Waals surface area contributed by atoms with Crippen LogP contribution < -0.4 is 0 Å². The number of halogens is 5. The van der Waals surface area contributed by atoms with E-state index in [-0.39, 0.29) is 12.8 Å². The Kier molecular flexibility index (Phi) is 3.79. The molecule has 0 atom stereocenters. The van der Waals surface area contributed by atoms with Crippen LogP contribution in [0.4, 0.5) is 22.0 Å². The van der Waals surface area contributed by atoms with Crippen LogP contribution >= 0.6 is 0 Å². The van der Waals surface area contributed by atoms with Gasteiger partial charge in [0.05, 0.1) is 0 Å². The van der Waals surface area contributed by atoms with Gasteiger partial charge < -0.3 is 0 Å². The summed E-state index contributed by atoms with van der Waals surface area (Å²) in [5.41, 5.74) is -1.79. The predicted octanol–water partition coefficient (Wildman–Crippen LogP) is 4.46. The molecular formula is C12H13F5. The molecule has 17 heavy (non-hydrogen) atoms. The largest absolute Gasteiger partial charge is 0.203 e. The fourth-order valence-electron chi connectivity index (χ4n) is 1.74. The fraction of sp³-hybridized carbons (Fsp3) is 0.500. The monoisotopic (exact) mass is 252 g/mol. The van der Waals surface area contributed by atoms with Gasteiger partial charge in [-0.1, -0.05) is 20.8 Å². The topological polar surface area (TPSA) is 0 Å². The molecule has 0 radical (unpaired) electrons. The molecule has 0 nitrogen and oxygen atoms in total. The molecule has 0 aliphatic carbocycles. The van der Waals surface area contributed by atoms with E-state index < -0.39 is 40.1 Å². The summed E-state index contributed by atoms with van der Waals surface area (Å²) in [6.07, 6.45) is 0.559. The van der Waals surface area contributed by atoms with Crippen LogP contribution in [0.1, 0.15) is 39.2 Å². The summed E-state index contributed by atoms with van der Waals surface area (Å²) in [5.74, 6) is -9.34. The van der Waals surface area contributed by atoms with Crippen molar-refractivity contribution >= 4 is 0 Å². The van der Waals surface area contributed by atoms with Crippen molar-refractivity contribution in [2.75, 3.05) is 0 Å². The van der Waals surface area contributed by atoms with Gasteiger partial charge >= 0.3 is 0 Å². The predicted molar refractivity (Wildman–Crippen MR) is 54.2 cm³/mol. The summed E-state index contributed by atoms with van der Waals surface area (Å²) in [6.45, 7) is 4.76. The minimum atomic E-state index is -2.11. The molecule has 5 heteroatoms. The first-order valence-electron chi connectivity index (χ1n) is 5.32. The number of rotatable bonds is 3. The van der Waals surface area contributed by atoms with Gasteiger partial charge in [0.1, 0.15) is 0 Å². The summed E-state index contributed by atoms with van der Waals surface area (Å²) in [4.78, 5) is 0. The van der Waals surface area contributed by atoms with Crippen LogP contribution in [0.3, 0.4) is 0 Å². The Balaban J connectivity index is 3.65. The maximum atomic E-state index is 13.6. The van der Waals surface area contributed by atoms with Gasteiger partial charge in [-0.3, -0.25) is 0 Å². The Morgan fingerprint density at radius 2 is 1.00 bits per heavy atom. The van der Waals surface area contributed by atoms with Crippen LogP contribution in [-0.2, 0) is 5.41 Å². The zero-order chi connectivity index (χ0) is 13.4. The Hall–Kier alpha value is -1.13. The first kappa shape index (κ1) is 13.9. The molecule has 0 N–H and O–H groups in total. The lowest BCUT2D eigenvalue weighted by Crippen LogP contribution is -2.25. The van der Waals surface area contributed by atoms with Gasteiger partial charge in [0.15, 0.2) is 23.3 Å². The minimum Gasteiger partial charge on any atom is -0.203 e. The zero-order valence-electron chi connectivity index (χ0n) is 9.80. The minimum absolute atomic E-state index is 0.280. The summed E-state index contributed by atoms with van der Waals surface area (Å²) in [6, 6.07) is 0. The van der Waals surface area contributed by atoms with Crippen molar-refractivity contribution in [3.05, 3.63) is 34.6 Å². The van der Waals surface area contributed by atoms with Gasteiger partial charge in [0.2, 0.25) is 5.82 Å². The van der Waals surface area contributed by atoms with E-state index in [1.165, 1.54) is 6.92 Å². The number of benzene rings is 1. The van der Waals surface area contributed by atoms with Gasteiger partial charge in [0.25, 0.3) is 0 Å². The standard InChI is InChI=1S/C12H13F5/c1-4-12(3,5-2)6-7(13)9(15)11(17)10(16)8(6)14/h4-5H2,1-3H3. The summed E-state index contributed by atoms with van der Waals surface area (Å²) in [7, 11) is 0. The van der Waals surface area contributed by atoms with Crippen LogP contribution in [0.2, 0.25) is 0 Å². The molecule has 0 aromatic heterocycles. The van der Waals surface area contributed by atoms with Crippen molar-refractivity contribution in [1.29, 1.82) is 0 Å². The Morgan fingerprint density at radius 1 is 0.706 bits per heavy atom. The molecule has 1 aromatic carbocycles. The lowest BCUT2D eigenvalue weighted by molar-refractivity contribution is 0.329. The van der Waals surface area contributed by atoms with Crippen molar-refractivity contribution in [1.82, 2.24) is 0 Å². The second-order valence-corrected chi connectivity index (χ2v) is 4.21. The van der Waals surface area contributed by atoms with Crippen LogP contribution in [0.15, 0.2) is 0 Å². The Morgan fingerprint density at radius 3 is 1.29 bits per heavy atom. The third kappa shape index (κ3) is 2.03. The second kappa shape index (κ2) is 4.63. The molecule has 0 saturated heterocycles. The molecule has 0 amide bonds. The highest BCUT2D eigenvalue weighted by atomic mass is 19.2. The highest BCUT2D eigenvalue weighted by Gasteiger charge is 2.35. The van der Waals surface area contributed by atoms with E-state index in [4.69, 9.17) is 0 Å². The normalized spacial score (nSPS) is 12.0. The van der Waals surface area contributed by atoms with Gasteiger partial charge in [-0.15, -0.1) is 0 Å². The molecule has 0 aliphatic rings. The van der Waals surface area contributed by atoms with E-state index in [1.54, 1.807) is 13.8 Å². The fourth-order valence-corrected chi connectivity index (χ4v) is 1.74. The molecule has 0 aliphatic heterocycles. The van der Waals surface area contributed by atoms with E-state index in [0.717, 1.165) is 0 Å². The third-order valence-electron chi connectivity index (χ3n) is 3.37. The highest BCUT2D eigenvalue weighted by Crippen LogP contribution is 2.37. The van der Waals surface area contributed by atoms with Crippen LogP contribution in [0, 0.1) is 29.1 Å². The van der Waals surface area contributed by atoms with Gasteiger partial charge in [-0.2, -0.15) is 0 Å². The summed E-state index contributed by atoms with van der Waals surface area (Å²) < 4.78 is 66.1. The SMILES string of the molecule is CCC(C)(CC)c1c(F)c(F)c(F)c(F)c1F. The maximum absolute atomic E-state index is 13.6. The molecule has 1 aromatic rings. The van der Waals surface area contributed by atoms with Crippen molar-refractivity contribution in [3.8, 4) is 0 Å². The highest BCUT2D eigenvalue weighted by molar-refractivity contribution is 5.30.